The van der Waals surface area contributed by atoms with Crippen LogP contribution in [0.15, 0.2) is 279 Å². The van der Waals surface area contributed by atoms with Gasteiger partial charge in [-0.25, -0.2) is 0 Å². The lowest BCUT2D eigenvalue weighted by Crippen LogP contribution is -2.30. The third kappa shape index (κ3) is 9.14. The van der Waals surface area contributed by atoms with Crippen molar-refractivity contribution in [2.75, 3.05) is 0 Å². The molecule has 68 heavy (non-hydrogen) atoms. The summed E-state index contributed by atoms with van der Waals surface area (Å²) < 4.78 is 12.7. The van der Waals surface area contributed by atoms with Crippen LogP contribution < -0.4 is 9.47 Å². The Morgan fingerprint density at radius 2 is 0.412 bits per heavy atom. The van der Waals surface area contributed by atoms with Gasteiger partial charge in [0.05, 0.1) is 10.8 Å². The van der Waals surface area contributed by atoms with Crippen LogP contribution >= 0.6 is 0 Å². The maximum absolute atomic E-state index is 6.36. The fraction of sp³-hybridized carbons (Fsp3) is 0.0909. The summed E-state index contributed by atoms with van der Waals surface area (Å²) in [6.07, 6.45) is 1.93. The lowest BCUT2D eigenvalue weighted by molar-refractivity contribution is 0.306. The monoisotopic (exact) mass is 878 g/mol. The molecule has 0 radical (unpaired) electrons. The number of rotatable bonds is 17. The van der Waals surface area contributed by atoms with E-state index in [0.29, 0.717) is 13.2 Å². The van der Waals surface area contributed by atoms with Gasteiger partial charge in [-0.2, -0.15) is 0 Å². The Labute approximate surface area is 401 Å². The predicted octanol–water partition coefficient (Wildman–Crippen LogP) is 15.4. The molecule has 0 amide bonds. The first-order chi connectivity index (χ1) is 33.7. The van der Waals surface area contributed by atoms with Crippen molar-refractivity contribution in [2.24, 2.45) is 0 Å². The zero-order valence-electron chi connectivity index (χ0n) is 38.2. The van der Waals surface area contributed by atoms with Gasteiger partial charge in [-0.1, -0.05) is 255 Å². The van der Waals surface area contributed by atoms with Gasteiger partial charge in [-0.05, 0) is 104 Å². The molecule has 10 aromatic carbocycles. The number of benzene rings is 10. The lowest BCUT2D eigenvalue weighted by atomic mass is 9.65. The topological polar surface area (TPSA) is 18.5 Å². The second-order valence-electron chi connectivity index (χ2n) is 17.5. The molecule has 0 aliphatic heterocycles. The van der Waals surface area contributed by atoms with Gasteiger partial charge < -0.3 is 9.47 Å². The molecule has 0 saturated carbocycles. The van der Waals surface area contributed by atoms with Crippen molar-refractivity contribution in [1.82, 2.24) is 0 Å². The van der Waals surface area contributed by atoms with Crippen molar-refractivity contribution in [3.8, 4) is 11.5 Å². The van der Waals surface area contributed by atoms with Crippen LogP contribution in [0.1, 0.15) is 66.8 Å². The van der Waals surface area contributed by atoms with Crippen molar-refractivity contribution in [2.45, 2.75) is 36.9 Å². The van der Waals surface area contributed by atoms with Crippen LogP contribution in [0.3, 0.4) is 0 Å². The molecule has 0 fully saturated rings. The van der Waals surface area contributed by atoms with Crippen LogP contribution in [0.25, 0.3) is 0 Å². The molecule has 2 nitrogen and oxygen atoms in total. The van der Waals surface area contributed by atoms with Crippen molar-refractivity contribution >= 4 is 0 Å². The van der Waals surface area contributed by atoms with Crippen molar-refractivity contribution in [3.63, 3.8) is 0 Å². The van der Waals surface area contributed by atoms with E-state index in [2.05, 4.69) is 279 Å². The molecule has 0 saturated heterocycles. The fourth-order valence-electron chi connectivity index (χ4n) is 9.96. The van der Waals surface area contributed by atoms with E-state index in [1.165, 1.54) is 55.6 Å². The third-order valence-electron chi connectivity index (χ3n) is 13.4. The van der Waals surface area contributed by atoms with E-state index in [-0.39, 0.29) is 0 Å². The highest BCUT2D eigenvalue weighted by Crippen LogP contribution is 2.47. The summed E-state index contributed by atoms with van der Waals surface area (Å²) in [4.78, 5) is 0. The first-order valence-corrected chi connectivity index (χ1v) is 23.6. The molecule has 0 N–H and O–H groups in total. The summed E-state index contributed by atoms with van der Waals surface area (Å²) in [7, 11) is 0. The Hall–Kier alpha value is -8.20. The summed E-state index contributed by atoms with van der Waals surface area (Å²) in [6, 6.07) is 99.8. The Balaban J connectivity index is 0.754. The van der Waals surface area contributed by atoms with E-state index in [1.54, 1.807) is 0 Å². The minimum absolute atomic E-state index is 0.478. The molecule has 0 aliphatic rings. The maximum Gasteiger partial charge on any atom is 0.119 e. The van der Waals surface area contributed by atoms with Gasteiger partial charge in [0.1, 0.15) is 24.7 Å². The fourth-order valence-corrected chi connectivity index (χ4v) is 9.96. The zero-order chi connectivity index (χ0) is 45.9. The predicted molar refractivity (Wildman–Crippen MR) is 278 cm³/mol. The number of aryl methyl sites for hydroxylation is 2. The van der Waals surface area contributed by atoms with Gasteiger partial charge in [0, 0.05) is 0 Å². The second kappa shape index (κ2) is 20.5. The number of hydrogen-bond donors (Lipinski definition) is 0. The van der Waals surface area contributed by atoms with Gasteiger partial charge >= 0.3 is 0 Å². The van der Waals surface area contributed by atoms with E-state index in [0.717, 1.165) is 35.5 Å². The molecule has 0 unspecified atom stereocenters. The highest BCUT2D eigenvalue weighted by molar-refractivity contribution is 5.62. The molecule has 0 atom stereocenters. The van der Waals surface area contributed by atoms with E-state index < -0.39 is 10.8 Å². The summed E-state index contributed by atoms with van der Waals surface area (Å²) in [5.41, 5.74) is 13.7. The molecule has 0 heterocycles. The van der Waals surface area contributed by atoms with Crippen molar-refractivity contribution in [3.05, 3.63) is 346 Å². The van der Waals surface area contributed by atoms with E-state index >= 15 is 0 Å². The molecular weight excluding hydrogens is 825 g/mol. The Morgan fingerprint density at radius 3 is 0.647 bits per heavy atom. The minimum Gasteiger partial charge on any atom is -0.489 e. The van der Waals surface area contributed by atoms with Gasteiger partial charge in [0.25, 0.3) is 0 Å². The average molecular weight is 879 g/mol. The van der Waals surface area contributed by atoms with Crippen LogP contribution in [0.2, 0.25) is 0 Å². The highest BCUT2D eigenvalue weighted by Gasteiger charge is 2.39. The summed E-state index contributed by atoms with van der Waals surface area (Å²) in [5.74, 6) is 1.69. The SMILES string of the molecule is c1ccc(C(c2ccccc2)(c2ccccc2)c2ccc(OCc3ccc(CCc4ccc(COc5ccc(C(c6ccccc6)(c6ccccc6)c6ccccc6)cc5)cc4)cc3)cc2)cc1. The molecule has 0 aromatic heterocycles. The maximum atomic E-state index is 6.36. The van der Waals surface area contributed by atoms with Crippen LogP contribution in [-0.2, 0) is 36.9 Å². The van der Waals surface area contributed by atoms with Gasteiger partial charge in [0.2, 0.25) is 0 Å². The molecule has 10 rings (SSSR count). The lowest BCUT2D eigenvalue weighted by Gasteiger charge is -2.36. The number of ether oxygens (including phenoxy) is 2. The van der Waals surface area contributed by atoms with Crippen LogP contribution in [0.5, 0.6) is 11.5 Å². The first-order valence-electron chi connectivity index (χ1n) is 23.6. The van der Waals surface area contributed by atoms with Gasteiger partial charge in [-0.15, -0.1) is 0 Å². The van der Waals surface area contributed by atoms with Crippen molar-refractivity contribution < 1.29 is 9.47 Å². The Kier molecular flexibility index (Phi) is 13.2. The van der Waals surface area contributed by atoms with E-state index in [4.69, 9.17) is 9.47 Å². The zero-order valence-corrected chi connectivity index (χ0v) is 38.2. The molecule has 330 valence electrons. The molecule has 0 spiro atoms. The first kappa shape index (κ1) is 43.7. The summed E-state index contributed by atoms with van der Waals surface area (Å²) >= 11 is 0. The molecule has 0 aliphatic carbocycles. The van der Waals surface area contributed by atoms with Gasteiger partial charge in [-0.3, -0.25) is 0 Å². The average Bonchev–Trinajstić information content (AvgIpc) is 3.43. The molecule has 10 aromatic rings. The van der Waals surface area contributed by atoms with Crippen LogP contribution in [0.4, 0.5) is 0 Å². The smallest absolute Gasteiger partial charge is 0.119 e. The number of hydrogen-bond acceptors (Lipinski definition) is 2. The Morgan fingerprint density at radius 1 is 0.206 bits per heavy atom. The summed E-state index contributed by atoms with van der Waals surface area (Å²) in [6.45, 7) is 1.01. The normalized spacial score (nSPS) is 11.5. The van der Waals surface area contributed by atoms with E-state index in [1.807, 2.05) is 0 Å². The third-order valence-corrected chi connectivity index (χ3v) is 13.4. The minimum atomic E-state index is -0.478. The van der Waals surface area contributed by atoms with Crippen LogP contribution in [-0.4, -0.2) is 0 Å². The highest BCUT2D eigenvalue weighted by atomic mass is 16.5. The molecule has 0 bridgehead atoms. The van der Waals surface area contributed by atoms with Crippen molar-refractivity contribution in [1.29, 1.82) is 0 Å². The molecular formula is C66H54O2. The van der Waals surface area contributed by atoms with Crippen LogP contribution in [0, 0.1) is 0 Å². The standard InChI is InChI=1S/C66H54O2/c1-7-19-55(20-8-1)65(56-21-9-2-10-22-56,57-23-11-3-12-24-57)61-41-45-63(46-42-61)67-49-53-37-33-51(34-38-53)31-32-52-35-39-54(40-36-52)50-68-64-47-43-62(44-48-64)66(58-25-13-4-14-26-58,59-27-15-5-16-28-59)60-29-17-6-18-30-60/h1-30,33-48H,31-32,49-50H2. The summed E-state index contributed by atoms with van der Waals surface area (Å²) in [5, 5.41) is 0. The quantitative estimate of drug-likeness (QED) is 0.0849. The Bertz CT molecular complexity index is 2670. The van der Waals surface area contributed by atoms with E-state index in [9.17, 15) is 0 Å². The second-order valence-corrected chi connectivity index (χ2v) is 17.5. The largest absolute Gasteiger partial charge is 0.489 e. The van der Waals surface area contributed by atoms with Gasteiger partial charge in [0.15, 0.2) is 0 Å². The molecule has 2 heteroatoms.